The fraction of sp³-hybridized carbons (Fsp3) is 0.619. The van der Waals surface area contributed by atoms with Crippen LogP contribution in [0.2, 0.25) is 0 Å². The molecule has 2 rings (SSSR count). The Balaban J connectivity index is 1.75. The van der Waals surface area contributed by atoms with E-state index in [1.165, 1.54) is 0 Å². The highest BCUT2D eigenvalue weighted by Gasteiger charge is 2.21. The SMILES string of the molecule is CC(C)CN1CCO[C@@H](CNC(=O)c2ccc(CNC(=O)NC(C)C)cc2)C1. The molecule has 1 atom stereocenters. The van der Waals surface area contributed by atoms with Crippen LogP contribution in [0.4, 0.5) is 4.79 Å². The third-order valence-corrected chi connectivity index (χ3v) is 4.43. The third kappa shape index (κ3) is 7.86. The Morgan fingerprint density at radius 3 is 2.50 bits per heavy atom. The molecule has 28 heavy (non-hydrogen) atoms. The van der Waals surface area contributed by atoms with Crippen LogP contribution in [0.3, 0.4) is 0 Å². The van der Waals surface area contributed by atoms with Crippen LogP contribution in [0.1, 0.15) is 43.6 Å². The van der Waals surface area contributed by atoms with E-state index in [1.54, 1.807) is 12.1 Å². The van der Waals surface area contributed by atoms with E-state index in [9.17, 15) is 9.59 Å². The lowest BCUT2D eigenvalue weighted by Gasteiger charge is -2.33. The van der Waals surface area contributed by atoms with Gasteiger partial charge in [0.15, 0.2) is 0 Å². The minimum Gasteiger partial charge on any atom is -0.374 e. The number of carbonyl (C=O) groups is 2. The zero-order valence-corrected chi connectivity index (χ0v) is 17.5. The number of carbonyl (C=O) groups excluding carboxylic acids is 2. The minimum absolute atomic E-state index is 0.0272. The molecule has 7 nitrogen and oxygen atoms in total. The van der Waals surface area contributed by atoms with Crippen molar-refractivity contribution in [1.82, 2.24) is 20.9 Å². The molecule has 3 amide bonds. The van der Waals surface area contributed by atoms with Crippen LogP contribution in [0.15, 0.2) is 24.3 Å². The molecule has 0 aromatic heterocycles. The fourth-order valence-corrected chi connectivity index (χ4v) is 3.16. The summed E-state index contributed by atoms with van der Waals surface area (Å²) < 4.78 is 5.77. The number of nitrogens with zero attached hydrogens (tertiary/aromatic N) is 1. The highest BCUT2D eigenvalue weighted by atomic mass is 16.5. The van der Waals surface area contributed by atoms with Crippen LogP contribution >= 0.6 is 0 Å². The van der Waals surface area contributed by atoms with Gasteiger partial charge in [0.2, 0.25) is 0 Å². The van der Waals surface area contributed by atoms with Gasteiger partial charge in [-0.25, -0.2) is 4.79 Å². The summed E-state index contributed by atoms with van der Waals surface area (Å²) in [4.78, 5) is 26.4. The maximum absolute atomic E-state index is 12.4. The first-order valence-electron chi connectivity index (χ1n) is 10.1. The van der Waals surface area contributed by atoms with Crippen molar-refractivity contribution in [3.8, 4) is 0 Å². The van der Waals surface area contributed by atoms with E-state index in [2.05, 4.69) is 34.7 Å². The topological polar surface area (TPSA) is 82.7 Å². The van der Waals surface area contributed by atoms with Crippen LogP contribution in [0, 0.1) is 5.92 Å². The van der Waals surface area contributed by atoms with Crippen molar-refractivity contribution in [2.45, 2.75) is 46.4 Å². The van der Waals surface area contributed by atoms with E-state index in [0.29, 0.717) is 31.2 Å². The second-order valence-electron chi connectivity index (χ2n) is 8.03. The van der Waals surface area contributed by atoms with E-state index in [-0.39, 0.29) is 24.1 Å². The first kappa shape index (κ1) is 22.2. The molecule has 1 aromatic rings. The normalized spacial score (nSPS) is 17.6. The van der Waals surface area contributed by atoms with Crippen molar-refractivity contribution in [3.05, 3.63) is 35.4 Å². The van der Waals surface area contributed by atoms with Gasteiger partial charge in [-0.3, -0.25) is 9.69 Å². The van der Waals surface area contributed by atoms with Crippen molar-refractivity contribution in [1.29, 1.82) is 0 Å². The summed E-state index contributed by atoms with van der Waals surface area (Å²) in [5.41, 5.74) is 1.54. The molecule has 0 bridgehead atoms. The van der Waals surface area contributed by atoms with Crippen LogP contribution in [0.25, 0.3) is 0 Å². The molecule has 1 saturated heterocycles. The Labute approximate surface area is 168 Å². The van der Waals surface area contributed by atoms with Crippen molar-refractivity contribution >= 4 is 11.9 Å². The number of ether oxygens (including phenoxy) is 1. The van der Waals surface area contributed by atoms with Crippen LogP contribution in [0.5, 0.6) is 0 Å². The first-order valence-corrected chi connectivity index (χ1v) is 10.1. The highest BCUT2D eigenvalue weighted by Crippen LogP contribution is 2.08. The van der Waals surface area contributed by atoms with Gasteiger partial charge in [-0.1, -0.05) is 26.0 Å². The third-order valence-electron chi connectivity index (χ3n) is 4.43. The smallest absolute Gasteiger partial charge is 0.315 e. The van der Waals surface area contributed by atoms with Crippen LogP contribution < -0.4 is 16.0 Å². The van der Waals surface area contributed by atoms with Gasteiger partial charge in [-0.15, -0.1) is 0 Å². The number of hydrogen-bond acceptors (Lipinski definition) is 4. The fourth-order valence-electron chi connectivity index (χ4n) is 3.16. The molecule has 0 saturated carbocycles. The quantitative estimate of drug-likeness (QED) is 0.634. The number of urea groups is 1. The summed E-state index contributed by atoms with van der Waals surface area (Å²) in [6.07, 6.45) is 0.0272. The summed E-state index contributed by atoms with van der Waals surface area (Å²) in [6.45, 7) is 12.7. The summed E-state index contributed by atoms with van der Waals surface area (Å²) in [5, 5.41) is 8.53. The van der Waals surface area contributed by atoms with Crippen molar-refractivity contribution in [2.75, 3.05) is 32.8 Å². The van der Waals surface area contributed by atoms with Gasteiger partial charge in [0.05, 0.1) is 12.7 Å². The van der Waals surface area contributed by atoms with E-state index in [1.807, 2.05) is 26.0 Å². The number of morpholine rings is 1. The Bertz CT molecular complexity index is 631. The van der Waals surface area contributed by atoms with Crippen molar-refractivity contribution in [3.63, 3.8) is 0 Å². The highest BCUT2D eigenvalue weighted by molar-refractivity contribution is 5.94. The van der Waals surface area contributed by atoms with E-state index in [4.69, 9.17) is 4.74 Å². The van der Waals surface area contributed by atoms with Gasteiger partial charge in [-0.2, -0.15) is 0 Å². The summed E-state index contributed by atoms with van der Waals surface area (Å²) in [5.74, 6) is 0.513. The minimum atomic E-state index is -0.198. The molecule has 0 radical (unpaired) electrons. The van der Waals surface area contributed by atoms with Gasteiger partial charge >= 0.3 is 6.03 Å². The molecule has 156 valence electrons. The predicted molar refractivity (Wildman–Crippen MR) is 110 cm³/mol. The van der Waals surface area contributed by atoms with E-state index < -0.39 is 0 Å². The average molecular weight is 391 g/mol. The molecular weight excluding hydrogens is 356 g/mol. The molecule has 0 unspecified atom stereocenters. The summed E-state index contributed by atoms with van der Waals surface area (Å²) >= 11 is 0. The molecule has 1 aliphatic rings. The zero-order valence-electron chi connectivity index (χ0n) is 17.5. The average Bonchev–Trinajstić information content (AvgIpc) is 2.64. The summed E-state index contributed by atoms with van der Waals surface area (Å²) in [7, 11) is 0. The van der Waals surface area contributed by atoms with Crippen molar-refractivity contribution in [2.24, 2.45) is 5.92 Å². The molecule has 0 spiro atoms. The Morgan fingerprint density at radius 1 is 1.14 bits per heavy atom. The van der Waals surface area contributed by atoms with Gasteiger partial charge in [-0.05, 0) is 37.5 Å². The molecule has 1 aliphatic heterocycles. The molecule has 3 N–H and O–H groups in total. The van der Waals surface area contributed by atoms with Gasteiger partial charge in [0.25, 0.3) is 5.91 Å². The number of nitrogens with one attached hydrogen (secondary N) is 3. The van der Waals surface area contributed by atoms with Gasteiger partial charge in [0, 0.05) is 44.3 Å². The monoisotopic (exact) mass is 390 g/mol. The van der Waals surface area contributed by atoms with E-state index in [0.717, 1.165) is 25.2 Å². The molecule has 7 heteroatoms. The lowest BCUT2D eigenvalue weighted by molar-refractivity contribution is -0.0295. The number of amides is 3. The number of rotatable bonds is 8. The molecule has 1 heterocycles. The Morgan fingerprint density at radius 2 is 1.86 bits per heavy atom. The second-order valence-corrected chi connectivity index (χ2v) is 8.03. The molecule has 1 aromatic carbocycles. The Hall–Kier alpha value is -2.12. The first-order chi connectivity index (χ1) is 13.3. The number of hydrogen-bond donors (Lipinski definition) is 3. The lowest BCUT2D eigenvalue weighted by Crippen LogP contribution is -2.48. The van der Waals surface area contributed by atoms with Gasteiger partial charge in [0.1, 0.15) is 0 Å². The zero-order chi connectivity index (χ0) is 20.5. The maximum atomic E-state index is 12.4. The molecule has 1 fully saturated rings. The van der Waals surface area contributed by atoms with Crippen molar-refractivity contribution < 1.29 is 14.3 Å². The molecular formula is C21H34N4O3. The van der Waals surface area contributed by atoms with Crippen LogP contribution in [-0.2, 0) is 11.3 Å². The second kappa shape index (κ2) is 11.0. The Kier molecular flexibility index (Phi) is 8.73. The standard InChI is InChI=1S/C21H34N4O3/c1-15(2)13-25-9-10-28-19(14-25)12-22-20(26)18-7-5-17(6-8-18)11-23-21(27)24-16(3)4/h5-8,15-16,19H,9-14H2,1-4H3,(H,22,26)(H2,23,24,27)/t19-/m0/s1. The number of benzene rings is 1. The van der Waals surface area contributed by atoms with E-state index >= 15 is 0 Å². The molecule has 0 aliphatic carbocycles. The van der Waals surface area contributed by atoms with Gasteiger partial charge < -0.3 is 20.7 Å². The predicted octanol–water partition coefficient (Wildman–Crippen LogP) is 1.98. The largest absolute Gasteiger partial charge is 0.374 e. The maximum Gasteiger partial charge on any atom is 0.315 e. The van der Waals surface area contributed by atoms with Crippen LogP contribution in [-0.4, -0.2) is 61.8 Å². The summed E-state index contributed by atoms with van der Waals surface area (Å²) in [6, 6.07) is 7.16. The lowest BCUT2D eigenvalue weighted by atomic mass is 10.1.